The summed E-state index contributed by atoms with van der Waals surface area (Å²) < 4.78 is 54.0. The van der Waals surface area contributed by atoms with Crippen molar-refractivity contribution in [2.45, 2.75) is 16.6 Å². The van der Waals surface area contributed by atoms with Gasteiger partial charge in [0.15, 0.2) is 0 Å². The van der Waals surface area contributed by atoms with Gasteiger partial charge in [0.2, 0.25) is 10.0 Å². The Morgan fingerprint density at radius 2 is 1.83 bits per heavy atom. The van der Waals surface area contributed by atoms with Crippen molar-refractivity contribution in [1.82, 2.24) is 4.31 Å². The van der Waals surface area contributed by atoms with Crippen LogP contribution in [0.2, 0.25) is 0 Å². The van der Waals surface area contributed by atoms with Gasteiger partial charge in [0.25, 0.3) is 0 Å². The van der Waals surface area contributed by atoms with E-state index < -0.39 is 15.8 Å². The highest BCUT2D eigenvalue weighted by Crippen LogP contribution is 2.36. The van der Waals surface area contributed by atoms with Gasteiger partial charge in [0.05, 0.1) is 4.90 Å². The highest BCUT2D eigenvalue weighted by atomic mass is 32.2. The lowest BCUT2D eigenvalue weighted by molar-refractivity contribution is 0.426. The smallest absolute Gasteiger partial charge is 0.207 e. The van der Waals surface area contributed by atoms with Crippen LogP contribution in [0.5, 0.6) is 0 Å². The second-order valence-corrected chi connectivity index (χ2v) is 8.78. The van der Waals surface area contributed by atoms with Crippen molar-refractivity contribution < 1.29 is 17.2 Å². The maximum absolute atomic E-state index is 14.0. The lowest BCUT2D eigenvalue weighted by Gasteiger charge is -2.20. The summed E-state index contributed by atoms with van der Waals surface area (Å²) in [5.74, 6) is -0.283. The second kappa shape index (κ2) is 7.21. The van der Waals surface area contributed by atoms with Gasteiger partial charge < -0.3 is 0 Å². The summed E-state index contributed by atoms with van der Waals surface area (Å²) in [5.41, 5.74) is 0.604. The molecule has 0 spiro atoms. The van der Waals surface area contributed by atoms with Crippen molar-refractivity contribution in [2.24, 2.45) is 0 Å². The molecule has 0 amide bonds. The van der Waals surface area contributed by atoms with E-state index in [9.17, 15) is 17.2 Å². The molecule has 128 valence electrons. The molecule has 1 aliphatic heterocycles. The predicted octanol–water partition coefficient (Wildman–Crippen LogP) is 3.83. The first kappa shape index (κ1) is 17.4. The highest BCUT2D eigenvalue weighted by molar-refractivity contribution is 7.99. The number of halogens is 2. The van der Waals surface area contributed by atoms with Crippen molar-refractivity contribution in [1.29, 1.82) is 0 Å². The fourth-order valence-electron chi connectivity index (χ4n) is 2.75. The minimum atomic E-state index is -3.74. The Hall–Kier alpha value is -1.44. The third kappa shape index (κ3) is 3.63. The summed E-state index contributed by atoms with van der Waals surface area (Å²) >= 11 is 1.55. The molecule has 0 aromatic heterocycles. The Kier molecular flexibility index (Phi) is 5.22. The number of sulfonamides is 1. The van der Waals surface area contributed by atoms with Crippen LogP contribution in [0.4, 0.5) is 8.78 Å². The molecular formula is C17H17F2NO2S2. The number of nitrogens with zero attached hydrogens (tertiary/aromatic N) is 1. The van der Waals surface area contributed by atoms with Crippen LogP contribution in [0.25, 0.3) is 0 Å². The maximum atomic E-state index is 14.0. The number of rotatable bonds is 3. The molecule has 0 aliphatic carbocycles. The summed E-state index contributed by atoms with van der Waals surface area (Å²) in [6.07, 6.45) is 0.514. The molecule has 1 fully saturated rings. The van der Waals surface area contributed by atoms with Crippen molar-refractivity contribution in [3.05, 3.63) is 65.7 Å². The molecule has 0 radical (unpaired) electrons. The van der Waals surface area contributed by atoms with E-state index in [1.807, 2.05) is 0 Å². The van der Waals surface area contributed by atoms with Crippen LogP contribution in [0.1, 0.15) is 17.2 Å². The molecule has 0 saturated carbocycles. The van der Waals surface area contributed by atoms with E-state index in [0.717, 1.165) is 6.07 Å². The largest absolute Gasteiger partial charge is 0.243 e. The minimum absolute atomic E-state index is 0.0446. The molecule has 0 bridgehead atoms. The molecule has 0 N–H and O–H groups in total. The Balaban J connectivity index is 1.79. The number of hydrogen-bond acceptors (Lipinski definition) is 3. The molecule has 2 aromatic carbocycles. The highest BCUT2D eigenvalue weighted by Gasteiger charge is 2.29. The molecular weight excluding hydrogens is 352 g/mol. The molecule has 1 atom stereocenters. The standard InChI is InChI=1S/C17H17F2NO2S2/c18-13-4-3-5-14(12-13)24(21,22)20-9-8-17(23-11-10-20)15-6-1-2-7-16(15)19/h1-7,12,17H,8-11H2. The Bertz CT molecular complexity index is 827. The first-order valence-corrected chi connectivity index (χ1v) is 10.1. The third-order valence-corrected chi connectivity index (χ3v) is 7.19. The molecule has 3 nitrogen and oxygen atoms in total. The minimum Gasteiger partial charge on any atom is -0.207 e. The van der Waals surface area contributed by atoms with Gasteiger partial charge in [-0.3, -0.25) is 0 Å². The van der Waals surface area contributed by atoms with E-state index in [-0.39, 0.29) is 22.5 Å². The monoisotopic (exact) mass is 369 g/mol. The van der Waals surface area contributed by atoms with Gasteiger partial charge in [-0.1, -0.05) is 24.3 Å². The quantitative estimate of drug-likeness (QED) is 0.825. The molecule has 24 heavy (non-hydrogen) atoms. The van der Waals surface area contributed by atoms with E-state index in [4.69, 9.17) is 0 Å². The van der Waals surface area contributed by atoms with Crippen LogP contribution in [0.3, 0.4) is 0 Å². The number of thioether (sulfide) groups is 1. The van der Waals surface area contributed by atoms with E-state index in [2.05, 4.69) is 0 Å². The van der Waals surface area contributed by atoms with Crippen LogP contribution in [-0.4, -0.2) is 31.6 Å². The zero-order chi connectivity index (χ0) is 17.2. The van der Waals surface area contributed by atoms with Gasteiger partial charge in [-0.15, -0.1) is 0 Å². The first-order valence-electron chi connectivity index (χ1n) is 7.60. The maximum Gasteiger partial charge on any atom is 0.243 e. The Morgan fingerprint density at radius 3 is 2.58 bits per heavy atom. The predicted molar refractivity (Wildman–Crippen MR) is 91.4 cm³/mol. The third-order valence-electron chi connectivity index (χ3n) is 3.99. The van der Waals surface area contributed by atoms with Crippen LogP contribution in [0.15, 0.2) is 53.4 Å². The van der Waals surface area contributed by atoms with E-state index in [1.165, 1.54) is 28.6 Å². The van der Waals surface area contributed by atoms with E-state index in [0.29, 0.717) is 24.3 Å². The Labute approximate surface area is 144 Å². The van der Waals surface area contributed by atoms with Gasteiger partial charge >= 0.3 is 0 Å². The summed E-state index contributed by atoms with van der Waals surface area (Å²) in [6.45, 7) is 0.610. The van der Waals surface area contributed by atoms with Gasteiger partial charge in [0, 0.05) is 29.7 Å². The fraction of sp³-hybridized carbons (Fsp3) is 0.294. The average molecular weight is 369 g/mol. The van der Waals surface area contributed by atoms with Crippen LogP contribution >= 0.6 is 11.8 Å². The fourth-order valence-corrected chi connectivity index (χ4v) is 5.61. The van der Waals surface area contributed by atoms with Crippen molar-refractivity contribution in [3.63, 3.8) is 0 Å². The molecule has 1 heterocycles. The van der Waals surface area contributed by atoms with Crippen molar-refractivity contribution in [3.8, 4) is 0 Å². The van der Waals surface area contributed by atoms with Crippen molar-refractivity contribution >= 4 is 21.8 Å². The first-order chi connectivity index (χ1) is 11.5. The SMILES string of the molecule is O=S(=O)(c1cccc(F)c1)N1CCSC(c2ccccc2F)CC1. The van der Waals surface area contributed by atoms with Crippen LogP contribution in [-0.2, 0) is 10.0 Å². The summed E-state index contributed by atoms with van der Waals surface area (Å²) in [7, 11) is -3.74. The summed E-state index contributed by atoms with van der Waals surface area (Å²) in [6, 6.07) is 11.6. The summed E-state index contributed by atoms with van der Waals surface area (Å²) in [4.78, 5) is -0.0446. The van der Waals surface area contributed by atoms with Crippen LogP contribution in [0, 0.1) is 11.6 Å². The zero-order valence-electron chi connectivity index (χ0n) is 12.9. The van der Waals surface area contributed by atoms with E-state index >= 15 is 0 Å². The zero-order valence-corrected chi connectivity index (χ0v) is 14.5. The lowest BCUT2D eigenvalue weighted by atomic mass is 10.1. The number of hydrogen-bond donors (Lipinski definition) is 0. The van der Waals surface area contributed by atoms with Crippen LogP contribution < -0.4 is 0 Å². The van der Waals surface area contributed by atoms with E-state index in [1.54, 1.807) is 30.0 Å². The average Bonchev–Trinajstić information content (AvgIpc) is 2.82. The van der Waals surface area contributed by atoms with Gasteiger partial charge in [-0.05, 0) is 30.7 Å². The molecule has 1 unspecified atom stereocenters. The second-order valence-electron chi connectivity index (χ2n) is 5.53. The summed E-state index contributed by atoms with van der Waals surface area (Å²) in [5, 5.41) is -0.0843. The molecule has 1 aliphatic rings. The topological polar surface area (TPSA) is 37.4 Å². The van der Waals surface area contributed by atoms with Gasteiger partial charge in [0.1, 0.15) is 11.6 Å². The van der Waals surface area contributed by atoms with Crippen molar-refractivity contribution in [2.75, 3.05) is 18.8 Å². The Morgan fingerprint density at radius 1 is 1.04 bits per heavy atom. The van der Waals surface area contributed by atoms with Gasteiger partial charge in [-0.25, -0.2) is 17.2 Å². The normalized spacial score (nSPS) is 19.8. The molecule has 1 saturated heterocycles. The molecule has 3 rings (SSSR count). The van der Waals surface area contributed by atoms with Gasteiger partial charge in [-0.2, -0.15) is 16.1 Å². The molecule has 2 aromatic rings. The lowest BCUT2D eigenvalue weighted by Crippen LogP contribution is -2.33. The molecule has 7 heteroatoms. The number of benzene rings is 2.